The fraction of sp³-hybridized carbons (Fsp3) is 0.0333. The molecule has 0 spiro atoms. The molecule has 1 N–H and O–H groups in total. The number of hydrogen-bond acceptors (Lipinski definition) is 5. The van der Waals surface area contributed by atoms with Crippen molar-refractivity contribution in [3.63, 3.8) is 0 Å². The van der Waals surface area contributed by atoms with Crippen LogP contribution in [0.3, 0.4) is 0 Å². The number of phenolic OH excluding ortho intramolecular Hbond substituents is 1. The highest BCUT2D eigenvalue weighted by molar-refractivity contribution is 6.13. The predicted molar refractivity (Wildman–Crippen MR) is 402 cm³/mol. The van der Waals surface area contributed by atoms with Crippen LogP contribution in [0.25, 0.3) is 89.5 Å². The van der Waals surface area contributed by atoms with Gasteiger partial charge >= 0.3 is 0 Å². The molecule has 1 heterocycles. The largest absolute Gasteiger partial charge is 0.507 e. The number of benzene rings is 14. The molecule has 454 valence electrons. The number of aromatic hydroxyl groups is 1. The standard InChI is InChI=1S/C90H68N4O/c1-62-14-10-22-83(56-62)92(77-18-6-4-7-19-77)79-46-37-69(38-47-79)74-59-75(70-39-48-80(49-40-70)93(78-20-8-5-9-21-78)84-23-11-15-63(2)57-84)61-76(60-74)71-41-50-82(51-42-71)94(85-24-12-16-64(3)58-85)81-44-35-68(36-45-81)67-31-27-65(28-32-67)25-26-66-29-33-72(34-30-66)86-53-54-88(95)89-87(86)52-43-73-17-13-55-91-90(73)89/h4-61,95H,1-3H3. The summed E-state index contributed by atoms with van der Waals surface area (Å²) in [5.41, 5.74) is 27.7. The van der Waals surface area contributed by atoms with Crippen molar-refractivity contribution in [3.05, 3.63) is 368 Å². The van der Waals surface area contributed by atoms with Crippen molar-refractivity contribution >= 4 is 85.0 Å². The second-order valence-electron chi connectivity index (χ2n) is 24.5. The molecule has 15 rings (SSSR count). The summed E-state index contributed by atoms with van der Waals surface area (Å²) >= 11 is 0. The van der Waals surface area contributed by atoms with Crippen LogP contribution >= 0.6 is 0 Å². The van der Waals surface area contributed by atoms with Gasteiger partial charge in [-0.25, -0.2) is 0 Å². The topological polar surface area (TPSA) is 42.8 Å². The first kappa shape index (κ1) is 59.0. The average Bonchev–Trinajstić information content (AvgIpc) is 1.30. The molecule has 14 aromatic carbocycles. The van der Waals surface area contributed by atoms with Crippen LogP contribution in [0.4, 0.5) is 51.2 Å². The van der Waals surface area contributed by atoms with E-state index in [2.05, 4.69) is 362 Å². The molecule has 0 saturated carbocycles. The zero-order valence-electron chi connectivity index (χ0n) is 53.2. The Kier molecular flexibility index (Phi) is 16.2. The Morgan fingerprint density at radius 2 is 0.621 bits per heavy atom. The quantitative estimate of drug-likeness (QED) is 0.0771. The molecule has 0 unspecified atom stereocenters. The van der Waals surface area contributed by atoms with E-state index in [9.17, 15) is 5.11 Å². The first-order valence-electron chi connectivity index (χ1n) is 32.4. The summed E-state index contributed by atoms with van der Waals surface area (Å²) in [7, 11) is 0. The fourth-order valence-electron chi connectivity index (χ4n) is 13.1. The van der Waals surface area contributed by atoms with Crippen LogP contribution in [0.5, 0.6) is 5.75 Å². The lowest BCUT2D eigenvalue weighted by molar-refractivity contribution is 0.482. The molecule has 0 aliphatic heterocycles. The van der Waals surface area contributed by atoms with Crippen LogP contribution in [0.1, 0.15) is 27.8 Å². The fourth-order valence-corrected chi connectivity index (χ4v) is 13.1. The monoisotopic (exact) mass is 1220 g/mol. The SMILES string of the molecule is Cc1cccc(N(c2ccccc2)c2ccc(-c3cc(-c4ccc(N(c5ccccc5)c5cccc(C)c5)cc4)cc(-c4ccc(N(c5ccc(-c6ccc(C=Cc7ccc(-c8ccc(O)c9c8ccc8cccnc89)cc7)cc6)cc5)c5cccc(C)c5)cc4)c3)cc2)c1. The van der Waals surface area contributed by atoms with Crippen LogP contribution < -0.4 is 14.7 Å². The molecule has 5 heteroatoms. The smallest absolute Gasteiger partial charge is 0.125 e. The third-order valence-electron chi connectivity index (χ3n) is 17.9. The molecular formula is C90H68N4O. The second kappa shape index (κ2) is 26.1. The van der Waals surface area contributed by atoms with Crippen LogP contribution in [0.2, 0.25) is 0 Å². The van der Waals surface area contributed by atoms with Crippen LogP contribution in [-0.2, 0) is 0 Å². The third kappa shape index (κ3) is 12.5. The lowest BCUT2D eigenvalue weighted by Crippen LogP contribution is -2.10. The Balaban J connectivity index is 0.718. The van der Waals surface area contributed by atoms with Gasteiger partial charge in [0.2, 0.25) is 0 Å². The molecular weight excluding hydrogens is 1150 g/mol. The number of para-hydroxylation sites is 2. The van der Waals surface area contributed by atoms with Gasteiger partial charge in [0.25, 0.3) is 0 Å². The first-order valence-corrected chi connectivity index (χ1v) is 32.4. The summed E-state index contributed by atoms with van der Waals surface area (Å²) in [5.74, 6) is 0.238. The number of phenols is 1. The molecule has 0 saturated heterocycles. The molecule has 15 aromatic rings. The summed E-state index contributed by atoms with van der Waals surface area (Å²) in [6.45, 7) is 6.45. The Morgan fingerprint density at radius 1 is 0.274 bits per heavy atom. The van der Waals surface area contributed by atoms with Gasteiger partial charge in [0.1, 0.15) is 5.75 Å². The van der Waals surface area contributed by atoms with Gasteiger partial charge in [-0.2, -0.15) is 0 Å². The highest BCUT2D eigenvalue weighted by atomic mass is 16.3. The van der Waals surface area contributed by atoms with Crippen molar-refractivity contribution < 1.29 is 5.11 Å². The van der Waals surface area contributed by atoms with Gasteiger partial charge in [0, 0.05) is 62.8 Å². The van der Waals surface area contributed by atoms with Gasteiger partial charge in [-0.15, -0.1) is 0 Å². The maximum Gasteiger partial charge on any atom is 0.125 e. The maximum atomic E-state index is 10.9. The number of rotatable bonds is 16. The van der Waals surface area contributed by atoms with Gasteiger partial charge in [0.15, 0.2) is 0 Å². The highest BCUT2D eigenvalue weighted by Crippen LogP contribution is 2.43. The van der Waals surface area contributed by atoms with Crippen molar-refractivity contribution in [3.8, 4) is 61.4 Å². The van der Waals surface area contributed by atoms with Crippen molar-refractivity contribution in [1.29, 1.82) is 0 Å². The summed E-state index contributed by atoms with van der Waals surface area (Å²) in [5, 5.41) is 13.7. The summed E-state index contributed by atoms with van der Waals surface area (Å²) in [6.07, 6.45) is 6.09. The minimum Gasteiger partial charge on any atom is -0.507 e. The maximum absolute atomic E-state index is 10.9. The Bertz CT molecular complexity index is 5090. The first-order chi connectivity index (χ1) is 46.7. The third-order valence-corrected chi connectivity index (χ3v) is 17.9. The predicted octanol–water partition coefficient (Wildman–Crippen LogP) is 24.9. The van der Waals surface area contributed by atoms with Crippen LogP contribution in [0.15, 0.2) is 340 Å². The van der Waals surface area contributed by atoms with E-state index in [4.69, 9.17) is 0 Å². The van der Waals surface area contributed by atoms with E-state index in [-0.39, 0.29) is 5.75 Å². The number of fused-ring (bicyclic) bond motifs is 3. The Morgan fingerprint density at radius 3 is 1.01 bits per heavy atom. The van der Waals surface area contributed by atoms with Gasteiger partial charge < -0.3 is 19.8 Å². The molecule has 0 aliphatic rings. The van der Waals surface area contributed by atoms with Crippen molar-refractivity contribution in [1.82, 2.24) is 4.98 Å². The van der Waals surface area contributed by atoms with Gasteiger partial charge in [-0.1, -0.05) is 206 Å². The molecule has 1 aromatic heterocycles. The number of nitrogens with zero attached hydrogens (tertiary/aromatic N) is 4. The van der Waals surface area contributed by atoms with E-state index in [1.807, 2.05) is 18.2 Å². The van der Waals surface area contributed by atoms with E-state index in [1.54, 1.807) is 12.3 Å². The van der Waals surface area contributed by atoms with Gasteiger partial charge in [0.05, 0.1) is 10.9 Å². The molecule has 5 nitrogen and oxygen atoms in total. The minimum atomic E-state index is 0.238. The highest BCUT2D eigenvalue weighted by Gasteiger charge is 2.19. The Labute approximate surface area is 556 Å². The summed E-state index contributed by atoms with van der Waals surface area (Å²) < 4.78 is 0. The average molecular weight is 1220 g/mol. The van der Waals surface area contributed by atoms with Crippen molar-refractivity contribution in [2.24, 2.45) is 0 Å². The van der Waals surface area contributed by atoms with Gasteiger partial charge in [-0.05, 0) is 249 Å². The van der Waals surface area contributed by atoms with E-state index in [0.29, 0.717) is 0 Å². The summed E-state index contributed by atoms with van der Waals surface area (Å²) in [4.78, 5) is 11.6. The number of aromatic nitrogens is 1. The molecule has 0 aliphatic carbocycles. The van der Waals surface area contributed by atoms with E-state index < -0.39 is 0 Å². The van der Waals surface area contributed by atoms with E-state index in [0.717, 1.165) is 140 Å². The zero-order valence-corrected chi connectivity index (χ0v) is 53.2. The van der Waals surface area contributed by atoms with Crippen LogP contribution in [-0.4, -0.2) is 10.1 Å². The van der Waals surface area contributed by atoms with E-state index in [1.165, 1.54) is 16.7 Å². The number of anilines is 9. The molecule has 0 atom stereocenters. The van der Waals surface area contributed by atoms with Crippen LogP contribution in [0, 0.1) is 20.8 Å². The number of aryl methyl sites for hydroxylation is 3. The number of pyridine rings is 1. The lowest BCUT2D eigenvalue weighted by atomic mass is 9.93. The molecule has 0 bridgehead atoms. The Hall–Kier alpha value is -12.3. The lowest BCUT2D eigenvalue weighted by Gasteiger charge is -2.26. The minimum absolute atomic E-state index is 0.238. The zero-order chi connectivity index (χ0) is 64.2. The van der Waals surface area contributed by atoms with E-state index >= 15 is 0 Å². The molecule has 0 amide bonds. The second-order valence-corrected chi connectivity index (χ2v) is 24.5. The molecule has 0 fully saturated rings. The molecule has 0 radical (unpaired) electrons. The molecule has 95 heavy (non-hydrogen) atoms. The van der Waals surface area contributed by atoms with Gasteiger partial charge in [-0.3, -0.25) is 4.98 Å². The number of hydrogen-bond donors (Lipinski definition) is 1. The van der Waals surface area contributed by atoms with Crippen molar-refractivity contribution in [2.45, 2.75) is 20.8 Å². The van der Waals surface area contributed by atoms with Crippen molar-refractivity contribution in [2.75, 3.05) is 14.7 Å². The normalized spacial score (nSPS) is 11.3. The summed E-state index contributed by atoms with van der Waals surface area (Å²) in [6, 6.07) is 120.